The van der Waals surface area contributed by atoms with Gasteiger partial charge in [0.2, 0.25) is 6.19 Å². The van der Waals surface area contributed by atoms with Crippen molar-refractivity contribution in [3.8, 4) is 18.0 Å². The number of nitriles is 2. The molecule has 0 saturated heterocycles. The standard InChI is InChI=1S/C19H20N4O3/c1-5-25-18(24)11-23(13(2)22-12-21)16-9-19(3,4)26-17-7-6-14(10-20)8-15(16)17/h6-9H,5,11H2,1-4H3/b22-13+. The second-order valence-corrected chi connectivity index (χ2v) is 6.21. The highest BCUT2D eigenvalue weighted by molar-refractivity contribution is 5.94. The molecule has 0 spiro atoms. The van der Waals surface area contributed by atoms with Crippen molar-refractivity contribution in [2.45, 2.75) is 33.3 Å². The largest absolute Gasteiger partial charge is 0.483 e. The van der Waals surface area contributed by atoms with Crippen LogP contribution in [0.3, 0.4) is 0 Å². The molecule has 0 atom stereocenters. The number of ether oxygens (including phenoxy) is 2. The van der Waals surface area contributed by atoms with Gasteiger partial charge in [-0.05, 0) is 52.0 Å². The van der Waals surface area contributed by atoms with Crippen LogP contribution in [0.5, 0.6) is 5.75 Å². The molecule has 26 heavy (non-hydrogen) atoms. The third kappa shape index (κ3) is 4.20. The fraction of sp³-hybridized carbons (Fsp3) is 0.368. The molecule has 1 aliphatic rings. The Balaban J connectivity index is 2.60. The van der Waals surface area contributed by atoms with Crippen molar-refractivity contribution in [2.24, 2.45) is 4.99 Å². The highest BCUT2D eigenvalue weighted by Gasteiger charge is 2.31. The summed E-state index contributed by atoms with van der Waals surface area (Å²) in [6, 6.07) is 7.18. The smallest absolute Gasteiger partial charge is 0.326 e. The van der Waals surface area contributed by atoms with Crippen LogP contribution in [0.2, 0.25) is 0 Å². The third-order valence-electron chi connectivity index (χ3n) is 3.73. The van der Waals surface area contributed by atoms with Gasteiger partial charge in [0.05, 0.1) is 23.9 Å². The molecule has 1 heterocycles. The highest BCUT2D eigenvalue weighted by atomic mass is 16.5. The van der Waals surface area contributed by atoms with Gasteiger partial charge in [0, 0.05) is 5.56 Å². The molecule has 0 bridgehead atoms. The van der Waals surface area contributed by atoms with Gasteiger partial charge in [-0.3, -0.25) is 4.79 Å². The van der Waals surface area contributed by atoms with Crippen LogP contribution in [-0.4, -0.2) is 35.5 Å². The predicted molar refractivity (Wildman–Crippen MR) is 95.9 cm³/mol. The lowest BCUT2D eigenvalue weighted by atomic mass is 9.96. The Labute approximate surface area is 152 Å². The van der Waals surface area contributed by atoms with Crippen molar-refractivity contribution in [2.75, 3.05) is 13.2 Å². The van der Waals surface area contributed by atoms with Crippen molar-refractivity contribution in [3.63, 3.8) is 0 Å². The van der Waals surface area contributed by atoms with Crippen LogP contribution in [0.4, 0.5) is 0 Å². The molecule has 0 fully saturated rings. The minimum atomic E-state index is -0.643. The van der Waals surface area contributed by atoms with E-state index >= 15 is 0 Å². The number of nitrogens with zero attached hydrogens (tertiary/aromatic N) is 4. The first-order valence-electron chi connectivity index (χ1n) is 8.14. The van der Waals surface area contributed by atoms with Gasteiger partial charge < -0.3 is 14.4 Å². The van der Waals surface area contributed by atoms with E-state index in [9.17, 15) is 10.1 Å². The molecule has 0 radical (unpaired) electrons. The predicted octanol–water partition coefficient (Wildman–Crippen LogP) is 2.83. The number of esters is 1. The molecule has 1 aliphatic heterocycles. The first-order valence-corrected chi connectivity index (χ1v) is 8.14. The topological polar surface area (TPSA) is 98.7 Å². The maximum absolute atomic E-state index is 12.1. The summed E-state index contributed by atoms with van der Waals surface area (Å²) in [7, 11) is 0. The minimum Gasteiger partial charge on any atom is -0.483 e. The fourth-order valence-electron chi connectivity index (χ4n) is 2.67. The molecule has 7 heteroatoms. The highest BCUT2D eigenvalue weighted by Crippen LogP contribution is 2.38. The van der Waals surface area contributed by atoms with Crippen LogP contribution >= 0.6 is 0 Å². The molecule has 0 amide bonds. The van der Waals surface area contributed by atoms with E-state index in [1.807, 2.05) is 19.9 Å². The number of aliphatic imine (C=N–C) groups is 1. The monoisotopic (exact) mass is 352 g/mol. The fourth-order valence-corrected chi connectivity index (χ4v) is 2.67. The molecule has 0 unspecified atom stereocenters. The summed E-state index contributed by atoms with van der Waals surface area (Å²) in [5.41, 5.74) is 1.11. The van der Waals surface area contributed by atoms with Crippen LogP contribution in [0, 0.1) is 22.8 Å². The van der Waals surface area contributed by atoms with Gasteiger partial charge in [0.15, 0.2) is 0 Å². The first kappa shape index (κ1) is 19.0. The summed E-state index contributed by atoms with van der Waals surface area (Å²) in [5.74, 6) is 0.492. The van der Waals surface area contributed by atoms with Gasteiger partial charge >= 0.3 is 5.97 Å². The zero-order chi connectivity index (χ0) is 19.3. The maximum atomic E-state index is 12.1. The van der Waals surface area contributed by atoms with Crippen LogP contribution in [0.25, 0.3) is 5.70 Å². The zero-order valence-electron chi connectivity index (χ0n) is 15.2. The summed E-state index contributed by atoms with van der Waals surface area (Å²) >= 11 is 0. The van der Waals surface area contributed by atoms with Gasteiger partial charge in [-0.1, -0.05) is 0 Å². The number of carbonyl (C=O) groups is 1. The lowest BCUT2D eigenvalue weighted by molar-refractivity contribution is -0.142. The summed E-state index contributed by atoms with van der Waals surface area (Å²) in [6.07, 6.45) is 3.58. The van der Waals surface area contributed by atoms with Crippen molar-refractivity contribution in [1.82, 2.24) is 4.90 Å². The van der Waals surface area contributed by atoms with E-state index in [1.54, 1.807) is 43.1 Å². The van der Waals surface area contributed by atoms with Crippen molar-refractivity contribution >= 4 is 17.5 Å². The Morgan fingerprint density at radius 3 is 2.73 bits per heavy atom. The third-order valence-corrected chi connectivity index (χ3v) is 3.73. The van der Waals surface area contributed by atoms with Gasteiger partial charge in [-0.2, -0.15) is 15.5 Å². The van der Waals surface area contributed by atoms with Gasteiger partial charge in [0.25, 0.3) is 0 Å². The van der Waals surface area contributed by atoms with E-state index in [0.717, 1.165) is 0 Å². The summed E-state index contributed by atoms with van der Waals surface area (Å²) < 4.78 is 11.0. The number of hydrogen-bond donors (Lipinski definition) is 0. The molecule has 0 aromatic heterocycles. The average molecular weight is 352 g/mol. The molecule has 2 rings (SSSR count). The lowest BCUT2D eigenvalue weighted by Crippen LogP contribution is -2.38. The second kappa shape index (κ2) is 7.71. The summed E-state index contributed by atoms with van der Waals surface area (Å²) in [4.78, 5) is 17.5. The lowest BCUT2D eigenvalue weighted by Gasteiger charge is -2.35. The van der Waals surface area contributed by atoms with Crippen LogP contribution in [0.15, 0.2) is 29.3 Å². The van der Waals surface area contributed by atoms with E-state index in [1.165, 1.54) is 0 Å². The quantitative estimate of drug-likeness (QED) is 0.358. The summed E-state index contributed by atoms with van der Waals surface area (Å²) in [6.45, 7) is 7.27. The summed E-state index contributed by atoms with van der Waals surface area (Å²) in [5, 5.41) is 18.1. The molecule has 0 aliphatic carbocycles. The number of carbonyl (C=O) groups excluding carboxylic acids is 1. The second-order valence-electron chi connectivity index (χ2n) is 6.21. The van der Waals surface area contributed by atoms with E-state index in [2.05, 4.69) is 11.1 Å². The molecule has 0 saturated carbocycles. The van der Waals surface area contributed by atoms with Crippen molar-refractivity contribution in [3.05, 3.63) is 35.4 Å². The molecule has 1 aromatic carbocycles. The normalized spacial score (nSPS) is 14.8. The van der Waals surface area contributed by atoms with Crippen LogP contribution in [0.1, 0.15) is 38.8 Å². The molecule has 1 aromatic rings. The Morgan fingerprint density at radius 1 is 1.38 bits per heavy atom. The number of fused-ring (bicyclic) bond motifs is 1. The molecular formula is C19H20N4O3. The van der Waals surface area contributed by atoms with E-state index in [-0.39, 0.29) is 13.2 Å². The van der Waals surface area contributed by atoms with Crippen molar-refractivity contribution < 1.29 is 14.3 Å². The van der Waals surface area contributed by atoms with E-state index in [4.69, 9.17) is 14.7 Å². The Bertz CT molecular complexity index is 857. The van der Waals surface area contributed by atoms with E-state index < -0.39 is 11.6 Å². The molecule has 0 N–H and O–H groups in total. The van der Waals surface area contributed by atoms with Crippen LogP contribution in [-0.2, 0) is 9.53 Å². The molecular weight excluding hydrogens is 332 g/mol. The van der Waals surface area contributed by atoms with Gasteiger partial charge in [-0.15, -0.1) is 0 Å². The SMILES string of the molecule is CCOC(=O)CN(C1=CC(C)(C)Oc2ccc(C#N)cc21)/C(C)=N/C#N. The molecule has 7 nitrogen and oxygen atoms in total. The Kier molecular flexibility index (Phi) is 5.64. The van der Waals surface area contributed by atoms with Gasteiger partial charge in [-0.25, -0.2) is 0 Å². The number of benzene rings is 1. The zero-order valence-corrected chi connectivity index (χ0v) is 15.2. The number of rotatable bonds is 4. The van der Waals surface area contributed by atoms with Gasteiger partial charge in [0.1, 0.15) is 23.7 Å². The van der Waals surface area contributed by atoms with Crippen LogP contribution < -0.4 is 4.74 Å². The van der Waals surface area contributed by atoms with E-state index in [0.29, 0.717) is 28.4 Å². The maximum Gasteiger partial charge on any atom is 0.326 e. The Hall–Kier alpha value is -3.32. The number of hydrogen-bond acceptors (Lipinski definition) is 6. The average Bonchev–Trinajstić information content (AvgIpc) is 2.58. The number of amidine groups is 1. The Morgan fingerprint density at radius 2 is 2.12 bits per heavy atom. The van der Waals surface area contributed by atoms with Crippen molar-refractivity contribution in [1.29, 1.82) is 10.5 Å². The molecule has 134 valence electrons. The first-order chi connectivity index (χ1) is 12.3. The minimum absolute atomic E-state index is 0.108.